The van der Waals surface area contributed by atoms with Crippen LogP contribution in [-0.4, -0.2) is 28.5 Å². The molecule has 0 unspecified atom stereocenters. The molecule has 162 valence electrons. The van der Waals surface area contributed by atoms with Crippen molar-refractivity contribution in [2.45, 2.75) is 13.5 Å². The number of thiophene rings is 1. The third-order valence-corrected chi connectivity index (χ3v) is 5.90. The number of fused-ring (bicyclic) bond motifs is 1. The molecule has 0 spiro atoms. The number of nitrogens with one attached hydrogen (secondary N) is 1. The van der Waals surface area contributed by atoms with Gasteiger partial charge in [0.2, 0.25) is 5.91 Å². The number of amides is 1. The van der Waals surface area contributed by atoms with Gasteiger partial charge >= 0.3 is 5.97 Å². The number of benzene rings is 2. The van der Waals surface area contributed by atoms with Crippen LogP contribution >= 0.6 is 11.3 Å². The van der Waals surface area contributed by atoms with Gasteiger partial charge in [-0.1, -0.05) is 12.1 Å². The number of halogens is 1. The highest BCUT2D eigenvalue weighted by molar-refractivity contribution is 7.19. The first kappa shape index (κ1) is 21.4. The fourth-order valence-electron chi connectivity index (χ4n) is 3.38. The molecule has 0 saturated carbocycles. The van der Waals surface area contributed by atoms with Crippen LogP contribution in [0.1, 0.15) is 15.2 Å². The Morgan fingerprint density at radius 3 is 2.47 bits per heavy atom. The zero-order chi connectivity index (χ0) is 22.8. The number of aryl methyl sites for hydroxylation is 1. The lowest BCUT2D eigenvalue weighted by molar-refractivity contribution is -0.116. The predicted molar refractivity (Wildman–Crippen MR) is 120 cm³/mol. The quantitative estimate of drug-likeness (QED) is 0.463. The van der Waals surface area contributed by atoms with Crippen LogP contribution in [0.3, 0.4) is 0 Å². The van der Waals surface area contributed by atoms with Gasteiger partial charge in [0, 0.05) is 16.1 Å². The van der Waals surface area contributed by atoms with E-state index in [1.165, 1.54) is 53.6 Å². The largest absolute Gasteiger partial charge is 0.465 e. The molecule has 32 heavy (non-hydrogen) atoms. The smallest absolute Gasteiger partial charge is 0.337 e. The van der Waals surface area contributed by atoms with Crippen molar-refractivity contribution in [3.05, 3.63) is 81.5 Å². The number of nitrogens with zero attached hydrogens (tertiary/aromatic N) is 2. The Bertz CT molecular complexity index is 1380. The maximum atomic E-state index is 13.3. The van der Waals surface area contributed by atoms with Gasteiger partial charge in [-0.15, -0.1) is 11.3 Å². The monoisotopic (exact) mass is 451 g/mol. The number of hydrogen-bond acceptors (Lipinski definition) is 6. The number of anilines is 1. The van der Waals surface area contributed by atoms with Crippen LogP contribution in [0.4, 0.5) is 10.1 Å². The number of aromatic nitrogens is 2. The van der Waals surface area contributed by atoms with E-state index >= 15 is 0 Å². The highest BCUT2D eigenvalue weighted by atomic mass is 32.1. The molecule has 0 aliphatic carbocycles. The Balaban J connectivity index is 1.61. The number of rotatable bonds is 5. The van der Waals surface area contributed by atoms with E-state index in [1.54, 1.807) is 24.3 Å². The molecule has 0 bridgehead atoms. The highest BCUT2D eigenvalue weighted by Crippen LogP contribution is 2.35. The second-order valence-corrected chi connectivity index (χ2v) is 8.22. The van der Waals surface area contributed by atoms with Gasteiger partial charge in [-0.05, 0) is 48.9 Å². The molecular formula is C23H18FN3O4S. The summed E-state index contributed by atoms with van der Waals surface area (Å²) in [6.45, 7) is 1.64. The second-order valence-electron chi connectivity index (χ2n) is 7.02. The Morgan fingerprint density at radius 1 is 1.12 bits per heavy atom. The summed E-state index contributed by atoms with van der Waals surface area (Å²) in [5, 5.41) is 3.09. The molecule has 0 atom stereocenters. The molecule has 2 aromatic heterocycles. The van der Waals surface area contributed by atoms with E-state index in [9.17, 15) is 18.8 Å². The molecule has 7 nitrogen and oxygen atoms in total. The third kappa shape index (κ3) is 4.15. The van der Waals surface area contributed by atoms with E-state index in [-0.39, 0.29) is 17.9 Å². The van der Waals surface area contributed by atoms with E-state index in [0.717, 1.165) is 4.88 Å². The normalized spacial score (nSPS) is 10.8. The van der Waals surface area contributed by atoms with Crippen molar-refractivity contribution in [2.24, 2.45) is 0 Å². The SMILES string of the molecule is COC(=O)c1ccc(NC(=O)Cn2cnc3sc(C)c(-c4ccc(F)cc4)c3c2=O)cc1. The van der Waals surface area contributed by atoms with Crippen LogP contribution in [0.15, 0.2) is 59.7 Å². The minimum absolute atomic E-state index is 0.238. The van der Waals surface area contributed by atoms with E-state index in [0.29, 0.717) is 32.6 Å². The summed E-state index contributed by atoms with van der Waals surface area (Å²) in [4.78, 5) is 43.0. The third-order valence-electron chi connectivity index (χ3n) is 4.89. The summed E-state index contributed by atoms with van der Waals surface area (Å²) in [6.07, 6.45) is 1.34. The summed E-state index contributed by atoms with van der Waals surface area (Å²) >= 11 is 1.37. The second kappa shape index (κ2) is 8.72. The maximum Gasteiger partial charge on any atom is 0.337 e. The zero-order valence-corrected chi connectivity index (χ0v) is 18.0. The standard InChI is InChI=1S/C23H18FN3O4S/c1-13-19(14-3-7-16(24)8-4-14)20-21(32-13)25-12-27(22(20)29)11-18(28)26-17-9-5-15(6-10-17)23(30)31-2/h3-10,12H,11H2,1-2H3,(H,26,28). The van der Waals surface area contributed by atoms with Gasteiger partial charge < -0.3 is 10.1 Å². The highest BCUT2D eigenvalue weighted by Gasteiger charge is 2.18. The van der Waals surface area contributed by atoms with Gasteiger partial charge in [-0.2, -0.15) is 0 Å². The van der Waals surface area contributed by atoms with Crippen LogP contribution in [0.5, 0.6) is 0 Å². The van der Waals surface area contributed by atoms with Gasteiger partial charge in [-0.3, -0.25) is 14.2 Å². The van der Waals surface area contributed by atoms with Crippen LogP contribution in [0.2, 0.25) is 0 Å². The Kier molecular flexibility index (Phi) is 5.83. The minimum atomic E-state index is -0.475. The molecule has 2 aromatic carbocycles. The minimum Gasteiger partial charge on any atom is -0.465 e. The van der Waals surface area contributed by atoms with Gasteiger partial charge in [0.1, 0.15) is 17.2 Å². The first-order valence-corrected chi connectivity index (χ1v) is 10.4. The van der Waals surface area contributed by atoms with Crippen molar-refractivity contribution in [2.75, 3.05) is 12.4 Å². The molecule has 0 radical (unpaired) electrons. The number of carbonyl (C=O) groups excluding carboxylic acids is 2. The van der Waals surface area contributed by atoms with Crippen LogP contribution in [0.25, 0.3) is 21.3 Å². The molecule has 1 N–H and O–H groups in total. The molecule has 9 heteroatoms. The van der Waals surface area contributed by atoms with Gasteiger partial charge in [0.05, 0.1) is 24.4 Å². The van der Waals surface area contributed by atoms with Gasteiger partial charge in [-0.25, -0.2) is 14.2 Å². The fourth-order valence-corrected chi connectivity index (χ4v) is 4.38. The Hall–Kier alpha value is -3.85. The molecule has 2 heterocycles. The fraction of sp³-hybridized carbons (Fsp3) is 0.130. The van der Waals surface area contributed by atoms with E-state index in [2.05, 4.69) is 15.0 Å². The lowest BCUT2D eigenvalue weighted by Gasteiger charge is -2.08. The lowest BCUT2D eigenvalue weighted by atomic mass is 10.0. The van der Waals surface area contributed by atoms with Crippen molar-refractivity contribution >= 4 is 39.1 Å². The van der Waals surface area contributed by atoms with Crippen LogP contribution in [0, 0.1) is 12.7 Å². The van der Waals surface area contributed by atoms with E-state index in [4.69, 9.17) is 0 Å². The van der Waals surface area contributed by atoms with Crippen molar-refractivity contribution in [1.82, 2.24) is 9.55 Å². The summed E-state index contributed by atoms with van der Waals surface area (Å²) in [6, 6.07) is 12.1. The molecular weight excluding hydrogens is 433 g/mol. The van der Waals surface area contributed by atoms with Gasteiger partial charge in [0.25, 0.3) is 5.56 Å². The number of ether oxygens (including phenoxy) is 1. The molecule has 4 aromatic rings. The predicted octanol–water partition coefficient (Wildman–Crippen LogP) is 4.00. The summed E-state index contributed by atoms with van der Waals surface area (Å²) in [5.74, 6) is -1.26. The molecule has 0 aliphatic rings. The average Bonchev–Trinajstić information content (AvgIpc) is 3.13. The summed E-state index contributed by atoms with van der Waals surface area (Å²) in [5.41, 5.74) is 1.88. The van der Waals surface area contributed by atoms with Crippen LogP contribution < -0.4 is 10.9 Å². The van der Waals surface area contributed by atoms with Gasteiger partial charge in [0.15, 0.2) is 0 Å². The van der Waals surface area contributed by atoms with Crippen LogP contribution in [-0.2, 0) is 16.1 Å². The zero-order valence-electron chi connectivity index (χ0n) is 17.2. The molecule has 0 saturated heterocycles. The van der Waals surface area contributed by atoms with Crippen molar-refractivity contribution in [3.63, 3.8) is 0 Å². The van der Waals surface area contributed by atoms with Crippen molar-refractivity contribution < 1.29 is 18.7 Å². The Morgan fingerprint density at radius 2 is 1.81 bits per heavy atom. The lowest BCUT2D eigenvalue weighted by Crippen LogP contribution is -2.27. The molecule has 1 amide bonds. The first-order chi connectivity index (χ1) is 15.4. The number of carbonyl (C=O) groups is 2. The maximum absolute atomic E-state index is 13.3. The van der Waals surface area contributed by atoms with E-state index in [1.807, 2.05) is 6.92 Å². The number of methoxy groups -OCH3 is 1. The molecule has 4 rings (SSSR count). The Labute approximate surface area is 186 Å². The number of esters is 1. The van der Waals surface area contributed by atoms with Crippen molar-refractivity contribution in [3.8, 4) is 11.1 Å². The van der Waals surface area contributed by atoms with E-state index < -0.39 is 11.9 Å². The molecule has 0 fully saturated rings. The number of hydrogen-bond donors (Lipinski definition) is 1. The molecule has 0 aliphatic heterocycles. The van der Waals surface area contributed by atoms with Crippen molar-refractivity contribution in [1.29, 1.82) is 0 Å². The summed E-state index contributed by atoms with van der Waals surface area (Å²) < 4.78 is 19.2. The first-order valence-electron chi connectivity index (χ1n) is 9.60. The average molecular weight is 451 g/mol. The summed E-state index contributed by atoms with van der Waals surface area (Å²) in [7, 11) is 1.29. The topological polar surface area (TPSA) is 90.3 Å².